The van der Waals surface area contributed by atoms with Crippen molar-refractivity contribution < 1.29 is 24.9 Å². The van der Waals surface area contributed by atoms with E-state index in [1.54, 1.807) is 13.8 Å². The molecule has 0 aromatic heterocycles. The number of hydrogen-bond acceptors (Lipinski definition) is 10. The van der Waals surface area contributed by atoms with Crippen LogP contribution in [0.25, 0.3) is 0 Å². The molecule has 2 unspecified atom stereocenters. The van der Waals surface area contributed by atoms with E-state index in [0.717, 1.165) is 0 Å². The summed E-state index contributed by atoms with van der Waals surface area (Å²) in [5.74, 6) is 0.0641. The van der Waals surface area contributed by atoms with Crippen molar-refractivity contribution in [2.45, 2.75) is 51.0 Å². The Hall–Kier alpha value is -1.92. The summed E-state index contributed by atoms with van der Waals surface area (Å²) in [6, 6.07) is 0. The zero-order valence-corrected chi connectivity index (χ0v) is 14.1. The Labute approximate surface area is 128 Å². The fraction of sp³-hybridized carbons (Fsp3) is 0.800. The molecular weight excluding hydrogens is 312 g/mol. The van der Waals surface area contributed by atoms with Crippen LogP contribution in [0, 0.1) is 5.41 Å². The molecule has 1 aliphatic rings. The largest absolute Gasteiger partial charge is 0.533 e. The van der Waals surface area contributed by atoms with E-state index < -0.39 is 19.4 Å². The van der Waals surface area contributed by atoms with Crippen LogP contribution in [0.5, 0.6) is 0 Å². The van der Waals surface area contributed by atoms with Crippen LogP contribution in [-0.4, -0.2) is 41.6 Å². The normalized spacial score (nSPS) is 29.8. The van der Waals surface area contributed by atoms with Gasteiger partial charge < -0.3 is 4.43 Å². The summed E-state index contributed by atoms with van der Waals surface area (Å²) in [7, 11) is -2.03. The second-order valence-electron chi connectivity index (χ2n) is 6.23. The quantitative estimate of drug-likeness (QED) is 0.305. The molecule has 2 atom stereocenters. The van der Waals surface area contributed by atoms with Crippen LogP contribution in [0.15, 0.2) is 25.8 Å². The highest BCUT2D eigenvalue weighted by molar-refractivity contribution is 6.71. The van der Waals surface area contributed by atoms with E-state index in [-0.39, 0.29) is 18.2 Å². The van der Waals surface area contributed by atoms with Crippen molar-refractivity contribution in [2.75, 3.05) is 0 Å². The maximum absolute atomic E-state index is 8.38. The topological polar surface area (TPSA) is 154 Å². The molecule has 0 aliphatic carbocycles. The highest BCUT2D eigenvalue weighted by atomic mass is 28.4. The van der Waals surface area contributed by atoms with Gasteiger partial charge in [0.2, 0.25) is 14.2 Å². The van der Waals surface area contributed by atoms with Crippen LogP contribution in [0.1, 0.15) is 20.3 Å². The van der Waals surface area contributed by atoms with Gasteiger partial charge in [-0.05, 0) is 33.5 Å². The number of aliphatic imine (C=N–C) groups is 1. The van der Waals surface area contributed by atoms with Crippen LogP contribution >= 0.6 is 0 Å². The van der Waals surface area contributed by atoms with Crippen LogP contribution in [-0.2, 0) is 14.4 Å². The van der Waals surface area contributed by atoms with Crippen molar-refractivity contribution in [3.05, 3.63) is 0 Å². The smallest absolute Gasteiger partial charge is 0.243 e. The molecule has 0 radical (unpaired) electrons. The zero-order valence-electron chi connectivity index (χ0n) is 13.1. The Morgan fingerprint density at radius 3 is 2.05 bits per heavy atom. The summed E-state index contributed by atoms with van der Waals surface area (Å²) in [6.07, 6.45) is 0.0991. The number of amidine groups is 1. The van der Waals surface area contributed by atoms with Crippen molar-refractivity contribution in [2.24, 2.45) is 25.8 Å². The third kappa shape index (κ3) is 4.28. The van der Waals surface area contributed by atoms with Crippen molar-refractivity contribution in [3.63, 3.8) is 0 Å². The Morgan fingerprint density at radius 2 is 1.59 bits per heavy atom. The zero-order chi connectivity index (χ0) is 17.0. The van der Waals surface area contributed by atoms with Gasteiger partial charge in [0.1, 0.15) is 5.54 Å². The molecular formula is C10H20N6O5Si. The predicted octanol–water partition coefficient (Wildman–Crippen LogP) is 2.85. The first-order valence-corrected chi connectivity index (χ1v) is 9.80. The number of nitrogens with one attached hydrogen (secondary N) is 1. The molecule has 1 aliphatic heterocycles. The van der Waals surface area contributed by atoms with E-state index in [2.05, 4.69) is 35.8 Å². The second kappa shape index (κ2) is 6.45. The van der Waals surface area contributed by atoms with E-state index in [4.69, 9.17) is 20.3 Å². The molecule has 0 spiro atoms. The molecule has 0 amide bonds. The number of nitrogens with zero attached hydrogens (tertiary/aromatic N) is 5. The van der Waals surface area contributed by atoms with Crippen molar-refractivity contribution in [1.29, 1.82) is 5.41 Å². The first-order chi connectivity index (χ1) is 10.1. The van der Waals surface area contributed by atoms with Gasteiger partial charge in [-0.2, -0.15) is 15.5 Å². The lowest BCUT2D eigenvalue weighted by Crippen LogP contribution is -2.52. The summed E-state index contributed by atoms with van der Waals surface area (Å²) < 4.78 is 5.86. The van der Waals surface area contributed by atoms with Gasteiger partial charge in [0.15, 0.2) is 11.4 Å². The molecule has 1 heterocycles. The van der Waals surface area contributed by atoms with Crippen LogP contribution in [0.2, 0.25) is 19.6 Å². The average molecular weight is 332 g/mol. The summed E-state index contributed by atoms with van der Waals surface area (Å²) in [6.45, 7) is 9.07. The van der Waals surface area contributed by atoms with Gasteiger partial charge in [-0.15, -0.1) is 10.2 Å². The molecule has 0 aromatic carbocycles. The van der Waals surface area contributed by atoms with Crippen LogP contribution in [0.4, 0.5) is 0 Å². The molecule has 0 fully saturated rings. The number of rotatable bonds is 5. The summed E-state index contributed by atoms with van der Waals surface area (Å²) in [5, 5.41) is 38.4. The van der Waals surface area contributed by atoms with E-state index in [9.17, 15) is 0 Å². The Bertz CT molecular complexity index is 518. The predicted molar refractivity (Wildman–Crippen MR) is 78.2 cm³/mol. The molecule has 0 saturated heterocycles. The molecule has 22 heavy (non-hydrogen) atoms. The monoisotopic (exact) mass is 332 g/mol. The van der Waals surface area contributed by atoms with Gasteiger partial charge >= 0.3 is 0 Å². The maximum Gasteiger partial charge on any atom is 0.243 e. The highest BCUT2D eigenvalue weighted by Gasteiger charge is 2.49. The highest BCUT2D eigenvalue weighted by Crippen LogP contribution is 2.36. The average Bonchev–Trinajstić information content (AvgIpc) is 2.39. The van der Waals surface area contributed by atoms with Gasteiger partial charge in [-0.25, -0.2) is 9.98 Å². The van der Waals surface area contributed by atoms with Gasteiger partial charge in [0.05, 0.1) is 10.6 Å². The lowest BCUT2D eigenvalue weighted by atomic mass is 9.82. The second-order valence-corrected chi connectivity index (χ2v) is 10.7. The molecule has 0 bridgehead atoms. The fourth-order valence-electron chi connectivity index (χ4n) is 1.97. The van der Waals surface area contributed by atoms with Crippen LogP contribution in [0.3, 0.4) is 0 Å². The summed E-state index contributed by atoms with van der Waals surface area (Å²) >= 11 is 0. The molecule has 12 heteroatoms. The third-order valence-electron chi connectivity index (χ3n) is 2.87. The standard InChI is InChI=1S/C10H20N6O5Si/c1-9(13-15-20-17)6-10(2,14-16-21-18)8(12-7(9)11)19-22(3,4)5/h11,17-18H,6H2,1-5H3/b11-7?,15-13+,16-14+. The Balaban J connectivity index is 3.29. The van der Waals surface area contributed by atoms with Crippen molar-refractivity contribution in [3.8, 4) is 0 Å². The minimum atomic E-state index is -2.03. The van der Waals surface area contributed by atoms with Gasteiger partial charge in [0, 0.05) is 6.42 Å². The minimum Gasteiger partial charge on any atom is -0.533 e. The lowest BCUT2D eigenvalue weighted by molar-refractivity contribution is -0.253. The summed E-state index contributed by atoms with van der Waals surface area (Å²) in [5.41, 5.74) is -2.34. The van der Waals surface area contributed by atoms with Gasteiger partial charge in [-0.3, -0.25) is 5.41 Å². The molecule has 0 saturated carbocycles. The summed E-state index contributed by atoms with van der Waals surface area (Å²) in [4.78, 5) is 11.3. The third-order valence-corrected chi connectivity index (χ3v) is 3.68. The van der Waals surface area contributed by atoms with Crippen LogP contribution < -0.4 is 0 Å². The first-order valence-electron chi connectivity index (χ1n) is 6.39. The van der Waals surface area contributed by atoms with Crippen molar-refractivity contribution >= 4 is 20.1 Å². The van der Waals surface area contributed by atoms with E-state index in [0.29, 0.717) is 0 Å². The molecule has 3 N–H and O–H groups in total. The Morgan fingerprint density at radius 1 is 1.09 bits per heavy atom. The SMILES string of the molecule is CC1(/N=N/OO)CC(C)(/N=N/OO)C(O[Si](C)(C)C)=NC1=N. The maximum atomic E-state index is 8.38. The van der Waals surface area contributed by atoms with Gasteiger partial charge in [-0.1, -0.05) is 0 Å². The van der Waals surface area contributed by atoms with Crippen molar-refractivity contribution in [1.82, 2.24) is 0 Å². The lowest BCUT2D eigenvalue weighted by Gasteiger charge is -2.38. The fourth-order valence-corrected chi connectivity index (χ4v) is 2.82. The molecule has 124 valence electrons. The molecule has 1 rings (SSSR count). The number of hydrogen-bond donors (Lipinski definition) is 3. The molecule has 0 aromatic rings. The van der Waals surface area contributed by atoms with E-state index in [1.165, 1.54) is 0 Å². The minimum absolute atomic E-state index is 0.0991. The Kier molecular flexibility index (Phi) is 5.32. The van der Waals surface area contributed by atoms with Gasteiger partial charge in [0.25, 0.3) is 0 Å². The first kappa shape index (κ1) is 18.1. The van der Waals surface area contributed by atoms with E-state index in [1.807, 2.05) is 19.6 Å². The molecule has 11 nitrogen and oxygen atoms in total. The van der Waals surface area contributed by atoms with E-state index >= 15 is 0 Å².